The molecule has 0 saturated carbocycles. The second kappa shape index (κ2) is 11.3. The predicted molar refractivity (Wildman–Crippen MR) is 136 cm³/mol. The van der Waals surface area contributed by atoms with Gasteiger partial charge in [-0.3, -0.25) is 9.59 Å². The Morgan fingerprint density at radius 1 is 0.844 bits per heavy atom. The fraction of sp³-hybridized carbons (Fsp3) is 0.130. The summed E-state index contributed by atoms with van der Waals surface area (Å²) in [6, 6.07) is 16.9. The quantitative estimate of drug-likeness (QED) is 0.305. The number of carbonyl (C=O) groups excluding carboxylic acids is 2. The zero-order valence-corrected chi connectivity index (χ0v) is 20.6. The number of carbonyl (C=O) groups is 2. The normalized spacial score (nSPS) is 11.7. The zero-order chi connectivity index (χ0) is 23.3. The highest BCUT2D eigenvalue weighted by atomic mass is 35.5. The fourth-order valence-electron chi connectivity index (χ4n) is 2.80. The third-order valence-electron chi connectivity index (χ3n) is 4.40. The molecule has 32 heavy (non-hydrogen) atoms. The van der Waals surface area contributed by atoms with Crippen LogP contribution in [0.4, 0.5) is 11.4 Å². The van der Waals surface area contributed by atoms with Gasteiger partial charge in [-0.05, 0) is 61.0 Å². The van der Waals surface area contributed by atoms with Crippen molar-refractivity contribution in [2.24, 2.45) is 0 Å². The minimum atomic E-state index is -0.349. The molecule has 1 unspecified atom stereocenters. The van der Waals surface area contributed by atoms with Gasteiger partial charge in [0.15, 0.2) is 0 Å². The number of rotatable bonds is 7. The maximum Gasteiger partial charge on any atom is 0.257 e. The molecule has 0 spiro atoms. The molecule has 0 saturated heterocycles. The Balaban J connectivity index is 1.68. The Labute approximate surface area is 210 Å². The van der Waals surface area contributed by atoms with Gasteiger partial charge < -0.3 is 10.6 Å². The van der Waals surface area contributed by atoms with Crippen molar-refractivity contribution >= 4 is 81.4 Å². The van der Waals surface area contributed by atoms with Crippen LogP contribution in [-0.4, -0.2) is 17.1 Å². The van der Waals surface area contributed by atoms with E-state index in [1.807, 2.05) is 25.1 Å². The number of hydrogen-bond acceptors (Lipinski definition) is 3. The number of halogens is 4. The second-order valence-corrected chi connectivity index (χ2v) is 9.67. The smallest absolute Gasteiger partial charge is 0.257 e. The highest BCUT2D eigenvalue weighted by Gasteiger charge is 2.19. The Kier molecular flexibility index (Phi) is 8.74. The molecule has 2 amide bonds. The lowest BCUT2D eigenvalue weighted by Gasteiger charge is -2.16. The first kappa shape index (κ1) is 24.7. The molecular weight excluding hydrogens is 510 g/mol. The van der Waals surface area contributed by atoms with Crippen LogP contribution in [0, 0.1) is 0 Å². The van der Waals surface area contributed by atoms with Crippen molar-refractivity contribution in [3.8, 4) is 0 Å². The summed E-state index contributed by atoms with van der Waals surface area (Å²) in [5.74, 6) is -0.503. The van der Waals surface area contributed by atoms with E-state index in [0.29, 0.717) is 38.4 Å². The molecule has 0 fully saturated rings. The number of nitrogens with one attached hydrogen (secondary N) is 2. The zero-order valence-electron chi connectivity index (χ0n) is 16.8. The van der Waals surface area contributed by atoms with Crippen molar-refractivity contribution in [2.75, 3.05) is 10.6 Å². The van der Waals surface area contributed by atoms with Crippen LogP contribution in [0.2, 0.25) is 20.1 Å². The standard InChI is InChI=1S/C23H18Cl4N2O2S/c1-2-21(23(31)29-15-7-9-18(25)20(27)12-15)32-16-5-3-4-14(11-16)28-22(30)17-8-6-13(24)10-19(17)26/h3-12,21H,2H2,1H3,(H,28,30)(H,29,31). The van der Waals surface area contributed by atoms with E-state index in [1.54, 1.807) is 36.4 Å². The number of anilines is 2. The van der Waals surface area contributed by atoms with Gasteiger partial charge in [-0.2, -0.15) is 0 Å². The first-order chi connectivity index (χ1) is 15.3. The maximum atomic E-state index is 12.8. The van der Waals surface area contributed by atoms with Gasteiger partial charge >= 0.3 is 0 Å². The molecule has 0 aliphatic rings. The van der Waals surface area contributed by atoms with E-state index >= 15 is 0 Å². The molecule has 4 nitrogen and oxygen atoms in total. The molecule has 3 aromatic carbocycles. The molecule has 0 aromatic heterocycles. The summed E-state index contributed by atoms with van der Waals surface area (Å²) in [5, 5.41) is 6.85. The number of hydrogen-bond donors (Lipinski definition) is 2. The molecule has 3 aromatic rings. The monoisotopic (exact) mass is 526 g/mol. The lowest BCUT2D eigenvalue weighted by atomic mass is 10.2. The largest absolute Gasteiger partial charge is 0.325 e. The van der Waals surface area contributed by atoms with Gasteiger partial charge in [-0.25, -0.2) is 0 Å². The molecule has 0 aliphatic carbocycles. The summed E-state index contributed by atoms with van der Waals surface area (Å²) >= 11 is 25.4. The molecule has 1 atom stereocenters. The van der Waals surface area contributed by atoms with E-state index in [9.17, 15) is 9.59 Å². The van der Waals surface area contributed by atoms with Crippen LogP contribution >= 0.6 is 58.2 Å². The molecule has 9 heteroatoms. The van der Waals surface area contributed by atoms with Gasteiger partial charge in [-0.15, -0.1) is 11.8 Å². The molecule has 0 heterocycles. The molecular formula is C23H18Cl4N2O2S. The van der Waals surface area contributed by atoms with Gasteiger partial charge in [0.1, 0.15) is 0 Å². The van der Waals surface area contributed by atoms with E-state index in [0.717, 1.165) is 4.90 Å². The van der Waals surface area contributed by atoms with Gasteiger partial charge in [0.2, 0.25) is 5.91 Å². The third kappa shape index (κ3) is 6.56. The molecule has 3 rings (SSSR count). The minimum absolute atomic E-state index is 0.154. The van der Waals surface area contributed by atoms with Crippen LogP contribution in [0.15, 0.2) is 65.6 Å². The third-order valence-corrected chi connectivity index (χ3v) is 7.04. The molecule has 166 valence electrons. The highest BCUT2D eigenvalue weighted by molar-refractivity contribution is 8.00. The topological polar surface area (TPSA) is 58.2 Å². The van der Waals surface area contributed by atoms with Gasteiger partial charge in [-0.1, -0.05) is 59.4 Å². The summed E-state index contributed by atoms with van der Waals surface area (Å²) < 4.78 is 0. The van der Waals surface area contributed by atoms with Crippen LogP contribution in [0.3, 0.4) is 0 Å². The molecule has 0 radical (unpaired) electrons. The first-order valence-corrected chi connectivity index (χ1v) is 11.9. The van der Waals surface area contributed by atoms with Gasteiger partial charge in [0, 0.05) is 21.3 Å². The fourth-order valence-corrected chi connectivity index (χ4v) is 4.61. The highest BCUT2D eigenvalue weighted by Crippen LogP contribution is 2.30. The molecule has 0 bridgehead atoms. The summed E-state index contributed by atoms with van der Waals surface area (Å²) in [4.78, 5) is 26.2. The average Bonchev–Trinajstić information content (AvgIpc) is 2.74. The van der Waals surface area contributed by atoms with Crippen molar-refractivity contribution in [1.82, 2.24) is 0 Å². The summed E-state index contributed by atoms with van der Waals surface area (Å²) in [6.45, 7) is 1.93. The van der Waals surface area contributed by atoms with E-state index in [1.165, 1.54) is 17.8 Å². The Morgan fingerprint density at radius 2 is 1.59 bits per heavy atom. The van der Waals surface area contributed by atoms with Crippen LogP contribution in [0.25, 0.3) is 0 Å². The van der Waals surface area contributed by atoms with Crippen molar-refractivity contribution in [3.63, 3.8) is 0 Å². The van der Waals surface area contributed by atoms with E-state index in [2.05, 4.69) is 10.6 Å². The Bertz CT molecular complexity index is 1160. The van der Waals surface area contributed by atoms with E-state index in [4.69, 9.17) is 46.4 Å². The number of thioether (sulfide) groups is 1. The van der Waals surface area contributed by atoms with Crippen LogP contribution in [0.5, 0.6) is 0 Å². The van der Waals surface area contributed by atoms with Crippen molar-refractivity contribution in [2.45, 2.75) is 23.5 Å². The summed E-state index contributed by atoms with van der Waals surface area (Å²) in [7, 11) is 0. The Morgan fingerprint density at radius 3 is 2.28 bits per heavy atom. The number of benzene rings is 3. The summed E-state index contributed by atoms with van der Waals surface area (Å²) in [5.41, 5.74) is 1.48. The van der Waals surface area contributed by atoms with Crippen molar-refractivity contribution < 1.29 is 9.59 Å². The first-order valence-electron chi connectivity index (χ1n) is 9.56. The van der Waals surface area contributed by atoms with Crippen molar-refractivity contribution in [3.05, 3.63) is 86.3 Å². The minimum Gasteiger partial charge on any atom is -0.325 e. The number of amides is 2. The molecule has 2 N–H and O–H groups in total. The van der Waals surface area contributed by atoms with Crippen LogP contribution in [0.1, 0.15) is 23.7 Å². The Hall–Kier alpha value is -1.89. The maximum absolute atomic E-state index is 12.8. The van der Waals surface area contributed by atoms with Crippen LogP contribution < -0.4 is 10.6 Å². The predicted octanol–water partition coefficient (Wildman–Crippen LogP) is 8.06. The lowest BCUT2D eigenvalue weighted by molar-refractivity contribution is -0.115. The van der Waals surface area contributed by atoms with E-state index < -0.39 is 0 Å². The van der Waals surface area contributed by atoms with Crippen LogP contribution in [-0.2, 0) is 4.79 Å². The summed E-state index contributed by atoms with van der Waals surface area (Å²) in [6.07, 6.45) is 0.606. The second-order valence-electron chi connectivity index (χ2n) is 6.74. The van der Waals surface area contributed by atoms with Gasteiger partial charge in [0.25, 0.3) is 5.91 Å². The van der Waals surface area contributed by atoms with Gasteiger partial charge in [0.05, 0.1) is 25.9 Å². The molecule has 0 aliphatic heterocycles. The SMILES string of the molecule is CCC(Sc1cccc(NC(=O)c2ccc(Cl)cc2Cl)c1)C(=O)Nc1ccc(Cl)c(Cl)c1. The van der Waals surface area contributed by atoms with E-state index in [-0.39, 0.29) is 22.1 Å². The lowest BCUT2D eigenvalue weighted by Crippen LogP contribution is -2.24. The van der Waals surface area contributed by atoms with Crippen molar-refractivity contribution in [1.29, 1.82) is 0 Å². The average molecular weight is 528 g/mol.